The average Bonchev–Trinajstić information content (AvgIpc) is 3.17. The summed E-state index contributed by atoms with van der Waals surface area (Å²) < 4.78 is 10.9. The van der Waals surface area contributed by atoms with Crippen LogP contribution in [-0.4, -0.2) is 62.3 Å². The van der Waals surface area contributed by atoms with Gasteiger partial charge in [0.25, 0.3) is 0 Å². The van der Waals surface area contributed by atoms with Gasteiger partial charge in [0.2, 0.25) is 0 Å². The molecule has 3 aromatic rings. The van der Waals surface area contributed by atoms with Gasteiger partial charge >= 0.3 is 0 Å². The van der Waals surface area contributed by atoms with Gasteiger partial charge in [-0.1, -0.05) is 0 Å². The van der Waals surface area contributed by atoms with Crippen molar-refractivity contribution in [3.05, 3.63) is 24.4 Å². The lowest BCUT2D eigenvalue weighted by atomic mass is 10.1. The van der Waals surface area contributed by atoms with Crippen molar-refractivity contribution < 1.29 is 9.47 Å². The Labute approximate surface area is 158 Å². The van der Waals surface area contributed by atoms with Crippen LogP contribution in [0.2, 0.25) is 0 Å². The van der Waals surface area contributed by atoms with Crippen LogP contribution in [0.5, 0.6) is 11.5 Å². The van der Waals surface area contributed by atoms with E-state index in [0.717, 1.165) is 47.0 Å². The Balaban J connectivity index is 1.88. The molecule has 1 aliphatic heterocycles. The summed E-state index contributed by atoms with van der Waals surface area (Å²) in [5.41, 5.74) is 7.13. The van der Waals surface area contributed by atoms with Crippen LogP contribution in [0.25, 0.3) is 21.7 Å². The number of fused-ring (bicyclic) bond motifs is 3. The highest BCUT2D eigenvalue weighted by atomic mass is 16.5. The van der Waals surface area contributed by atoms with E-state index in [-0.39, 0.29) is 0 Å². The van der Waals surface area contributed by atoms with E-state index in [4.69, 9.17) is 15.2 Å². The lowest BCUT2D eigenvalue weighted by Gasteiger charge is -2.22. The molecule has 4 rings (SSSR count). The molecule has 0 unspecified atom stereocenters. The largest absolute Gasteiger partial charge is 0.493 e. The summed E-state index contributed by atoms with van der Waals surface area (Å²) in [6.45, 7) is 1.92. The number of rotatable bonds is 4. The van der Waals surface area contributed by atoms with E-state index in [9.17, 15) is 0 Å². The molecule has 2 N–H and O–H groups in total. The highest BCUT2D eigenvalue weighted by Gasteiger charge is 2.25. The maximum absolute atomic E-state index is 6.29. The summed E-state index contributed by atoms with van der Waals surface area (Å²) in [6.07, 6.45) is 2.90. The van der Waals surface area contributed by atoms with E-state index >= 15 is 0 Å². The first-order chi connectivity index (χ1) is 13.0. The molecule has 1 aromatic carbocycles. The van der Waals surface area contributed by atoms with Crippen LogP contribution in [0, 0.1) is 0 Å². The molecule has 27 heavy (non-hydrogen) atoms. The van der Waals surface area contributed by atoms with Crippen molar-refractivity contribution >= 4 is 33.3 Å². The topological polar surface area (TPSA) is 76.7 Å². The van der Waals surface area contributed by atoms with E-state index in [2.05, 4.69) is 39.9 Å². The highest BCUT2D eigenvalue weighted by molar-refractivity contribution is 6.10. The number of pyridine rings is 2. The van der Waals surface area contributed by atoms with Crippen molar-refractivity contribution in [2.24, 2.45) is 0 Å². The van der Waals surface area contributed by atoms with E-state index in [1.54, 1.807) is 20.4 Å². The number of nitrogens with two attached hydrogens (primary N) is 1. The van der Waals surface area contributed by atoms with Crippen LogP contribution in [0.3, 0.4) is 0 Å². The molecule has 2 aromatic heterocycles. The summed E-state index contributed by atoms with van der Waals surface area (Å²) in [4.78, 5) is 13.8. The zero-order chi connectivity index (χ0) is 19.1. The number of hydrogen-bond acceptors (Lipinski definition) is 7. The predicted molar refractivity (Wildman–Crippen MR) is 109 cm³/mol. The monoisotopic (exact) mass is 367 g/mol. The molecular formula is C20H25N5O2. The van der Waals surface area contributed by atoms with Crippen molar-refractivity contribution in [2.45, 2.75) is 12.5 Å². The number of benzene rings is 1. The molecule has 7 heteroatoms. The number of nitrogen functional groups attached to an aromatic ring is 1. The molecule has 142 valence electrons. The molecule has 1 aliphatic rings. The zero-order valence-electron chi connectivity index (χ0n) is 16.2. The second-order valence-electron chi connectivity index (χ2n) is 7.16. The van der Waals surface area contributed by atoms with Crippen LogP contribution < -0.4 is 20.1 Å². The Morgan fingerprint density at radius 3 is 2.48 bits per heavy atom. The second kappa shape index (κ2) is 6.74. The Bertz CT molecular complexity index is 1000. The summed E-state index contributed by atoms with van der Waals surface area (Å²) >= 11 is 0. The Morgan fingerprint density at radius 1 is 1.07 bits per heavy atom. The Kier molecular flexibility index (Phi) is 4.39. The van der Waals surface area contributed by atoms with Gasteiger partial charge in [-0.3, -0.25) is 4.98 Å². The molecule has 0 aliphatic carbocycles. The second-order valence-corrected chi connectivity index (χ2v) is 7.16. The number of nitrogens with zero attached hydrogens (tertiary/aromatic N) is 4. The summed E-state index contributed by atoms with van der Waals surface area (Å²) in [5.74, 6) is 2.74. The average molecular weight is 367 g/mol. The van der Waals surface area contributed by atoms with Crippen LogP contribution in [0.4, 0.5) is 11.6 Å². The third-order valence-electron chi connectivity index (χ3n) is 5.42. The number of likely N-dealkylation sites (N-methyl/N-ethyl adjacent to an activating group) is 1. The van der Waals surface area contributed by atoms with Gasteiger partial charge in [0.05, 0.1) is 19.7 Å². The van der Waals surface area contributed by atoms with Crippen molar-refractivity contribution in [3.63, 3.8) is 0 Å². The number of hydrogen-bond donors (Lipinski definition) is 1. The Hall–Kier alpha value is -2.80. The maximum atomic E-state index is 6.29. The summed E-state index contributed by atoms with van der Waals surface area (Å²) in [5, 5.41) is 2.85. The first-order valence-electron chi connectivity index (χ1n) is 9.04. The summed E-state index contributed by atoms with van der Waals surface area (Å²) in [7, 11) is 7.50. The molecular weight excluding hydrogens is 342 g/mol. The fraction of sp³-hybridized carbons (Fsp3) is 0.400. The normalized spacial score (nSPS) is 17.2. The smallest absolute Gasteiger partial charge is 0.162 e. The minimum atomic E-state index is 0.500. The molecule has 0 bridgehead atoms. The van der Waals surface area contributed by atoms with E-state index in [0.29, 0.717) is 23.4 Å². The van der Waals surface area contributed by atoms with Crippen LogP contribution in [-0.2, 0) is 0 Å². The molecule has 3 heterocycles. The lowest BCUT2D eigenvalue weighted by Crippen LogP contribution is -2.31. The SMILES string of the molecule is COc1cc2ncc3c(N)nc(N4CC[C@H](N(C)C)C4)cc3c2cc1OC. The fourth-order valence-electron chi connectivity index (χ4n) is 3.78. The molecule has 1 atom stereocenters. The van der Waals surface area contributed by atoms with Gasteiger partial charge in [-0.05, 0) is 32.6 Å². The van der Waals surface area contributed by atoms with Gasteiger partial charge in [0.1, 0.15) is 11.6 Å². The van der Waals surface area contributed by atoms with Crippen molar-refractivity contribution in [2.75, 3.05) is 52.0 Å². The van der Waals surface area contributed by atoms with Crippen molar-refractivity contribution in [1.82, 2.24) is 14.9 Å². The third-order valence-corrected chi connectivity index (χ3v) is 5.42. The highest BCUT2D eigenvalue weighted by Crippen LogP contribution is 2.37. The van der Waals surface area contributed by atoms with Gasteiger partial charge in [0.15, 0.2) is 11.5 Å². The van der Waals surface area contributed by atoms with E-state index in [1.165, 1.54) is 0 Å². The maximum Gasteiger partial charge on any atom is 0.162 e. The first-order valence-corrected chi connectivity index (χ1v) is 9.04. The number of aromatic nitrogens is 2. The predicted octanol–water partition coefficient (Wildman–Crippen LogP) is 2.52. The van der Waals surface area contributed by atoms with Crippen molar-refractivity contribution in [3.8, 4) is 11.5 Å². The first kappa shape index (κ1) is 17.6. The van der Waals surface area contributed by atoms with Gasteiger partial charge in [-0.25, -0.2) is 4.98 Å². The van der Waals surface area contributed by atoms with Gasteiger partial charge in [0, 0.05) is 47.6 Å². The minimum absolute atomic E-state index is 0.500. The van der Waals surface area contributed by atoms with Crippen LogP contribution in [0.1, 0.15) is 6.42 Å². The number of anilines is 2. The fourth-order valence-corrected chi connectivity index (χ4v) is 3.78. The minimum Gasteiger partial charge on any atom is -0.493 e. The zero-order valence-corrected chi connectivity index (χ0v) is 16.2. The lowest BCUT2D eigenvalue weighted by molar-refractivity contribution is 0.315. The van der Waals surface area contributed by atoms with Crippen molar-refractivity contribution in [1.29, 1.82) is 0 Å². The number of ether oxygens (including phenoxy) is 2. The molecule has 0 saturated carbocycles. The molecule has 7 nitrogen and oxygen atoms in total. The molecule has 0 radical (unpaired) electrons. The van der Waals surface area contributed by atoms with Crippen LogP contribution >= 0.6 is 0 Å². The van der Waals surface area contributed by atoms with E-state index in [1.807, 2.05) is 12.1 Å². The van der Waals surface area contributed by atoms with Gasteiger partial charge in [-0.2, -0.15) is 0 Å². The van der Waals surface area contributed by atoms with Crippen LogP contribution in [0.15, 0.2) is 24.4 Å². The summed E-state index contributed by atoms with van der Waals surface area (Å²) in [6, 6.07) is 6.49. The third kappa shape index (κ3) is 2.98. The standard InChI is InChI=1S/C20H25N5O2/c1-24(2)12-5-6-25(11-12)19-8-13-14-7-17(26-3)18(27-4)9-16(14)22-10-15(13)20(21)23-19/h7-10,12H,5-6,11H2,1-4H3,(H2,21,23)/t12-/m0/s1. The van der Waals surface area contributed by atoms with E-state index < -0.39 is 0 Å². The molecule has 0 amide bonds. The van der Waals surface area contributed by atoms with Gasteiger partial charge < -0.3 is 25.0 Å². The van der Waals surface area contributed by atoms with Gasteiger partial charge in [-0.15, -0.1) is 0 Å². The Morgan fingerprint density at radius 2 is 1.81 bits per heavy atom. The quantitative estimate of drug-likeness (QED) is 0.710. The molecule has 0 spiro atoms. The number of methoxy groups -OCH3 is 2. The molecule has 1 saturated heterocycles. The molecule has 1 fully saturated rings.